The molecule has 0 saturated heterocycles. The van der Waals surface area contributed by atoms with Crippen LogP contribution in [0.15, 0.2) is 5.70 Å². The molecule has 1 aromatic heterocycles. The summed E-state index contributed by atoms with van der Waals surface area (Å²) >= 11 is 1.16. The van der Waals surface area contributed by atoms with Gasteiger partial charge < -0.3 is 32.0 Å². The minimum atomic E-state index is -0.265. The van der Waals surface area contributed by atoms with Crippen molar-refractivity contribution in [1.82, 2.24) is 5.32 Å². The minimum absolute atomic E-state index is 0.265. The molecule has 0 fully saturated rings. The Morgan fingerprint density at radius 3 is 2.50 bits per heavy atom. The number of nitrogens with one attached hydrogen (secondary N) is 1. The molecule has 0 saturated carbocycles. The molecule has 0 radical (unpaired) electrons. The van der Waals surface area contributed by atoms with Crippen LogP contribution in [0.3, 0.4) is 0 Å². The van der Waals surface area contributed by atoms with Gasteiger partial charge in [0.15, 0.2) is 0 Å². The number of hydrogen-bond donors (Lipinski definition) is 4. The highest BCUT2D eigenvalue weighted by Gasteiger charge is 2.20. The second-order valence-corrected chi connectivity index (χ2v) is 5.81. The predicted octanol–water partition coefficient (Wildman–Crippen LogP) is 1.01. The number of hydrogen-bond acceptors (Lipinski definition) is 7. The van der Waals surface area contributed by atoms with Crippen LogP contribution in [0.2, 0.25) is 0 Å². The lowest BCUT2D eigenvalue weighted by Gasteiger charge is -2.07. The number of anilines is 2. The van der Waals surface area contributed by atoms with Crippen molar-refractivity contribution in [2.75, 3.05) is 44.9 Å². The molecule has 0 aliphatic rings. The number of nitrogen functional groups attached to an aromatic ring is 2. The highest BCUT2D eigenvalue weighted by Crippen LogP contribution is 2.38. The van der Waals surface area contributed by atoms with Crippen LogP contribution in [0.1, 0.15) is 29.1 Å². The van der Waals surface area contributed by atoms with Crippen molar-refractivity contribution in [3.05, 3.63) is 16.1 Å². The van der Waals surface area contributed by atoms with E-state index < -0.39 is 0 Å². The maximum absolute atomic E-state index is 12.1. The summed E-state index contributed by atoms with van der Waals surface area (Å²) in [5, 5.41) is 3.24. The number of allylic oxidation sites excluding steroid dienone is 2. The Morgan fingerprint density at radius 2 is 1.91 bits per heavy atom. The molecule has 0 atom stereocenters. The molecule has 0 aromatic carbocycles. The molecule has 1 aromatic rings. The number of amides is 1. The van der Waals surface area contributed by atoms with Gasteiger partial charge in [-0.1, -0.05) is 0 Å². The summed E-state index contributed by atoms with van der Waals surface area (Å²) in [7, 11) is 1.60. The van der Waals surface area contributed by atoms with Crippen LogP contribution in [-0.2, 0) is 9.47 Å². The van der Waals surface area contributed by atoms with Gasteiger partial charge in [-0.15, -0.1) is 11.3 Å². The summed E-state index contributed by atoms with van der Waals surface area (Å²) in [5.74, 6) is -0.265. The zero-order valence-corrected chi connectivity index (χ0v) is 14.0. The normalized spacial score (nSPS) is 12.1. The predicted molar refractivity (Wildman–Crippen MR) is 90.6 cm³/mol. The van der Waals surface area contributed by atoms with Gasteiger partial charge >= 0.3 is 0 Å². The lowest BCUT2D eigenvalue weighted by Crippen LogP contribution is -2.27. The number of rotatable bonds is 8. The van der Waals surface area contributed by atoms with Gasteiger partial charge in [0.05, 0.1) is 30.5 Å². The van der Waals surface area contributed by atoms with Crippen molar-refractivity contribution in [1.29, 1.82) is 0 Å². The molecule has 7 N–H and O–H groups in total. The van der Waals surface area contributed by atoms with E-state index in [9.17, 15) is 4.79 Å². The van der Waals surface area contributed by atoms with Crippen molar-refractivity contribution >= 4 is 33.5 Å². The second kappa shape index (κ2) is 8.62. The largest absolute Gasteiger partial charge is 0.402 e. The van der Waals surface area contributed by atoms with Crippen LogP contribution >= 0.6 is 11.3 Å². The molecule has 0 aliphatic carbocycles. The summed E-state index contributed by atoms with van der Waals surface area (Å²) in [6.07, 6.45) is 0. The summed E-state index contributed by atoms with van der Waals surface area (Å²) in [6, 6.07) is 0. The molecule has 0 bridgehead atoms. The zero-order chi connectivity index (χ0) is 16.7. The molecule has 8 heteroatoms. The molecule has 1 rings (SSSR count). The average Bonchev–Trinajstić information content (AvgIpc) is 2.76. The molecule has 1 amide bonds. The average molecular weight is 328 g/mol. The van der Waals surface area contributed by atoms with Crippen molar-refractivity contribution in [3.8, 4) is 0 Å². The number of carbonyl (C=O) groups is 1. The van der Waals surface area contributed by atoms with E-state index in [0.717, 1.165) is 16.9 Å². The molecular weight excluding hydrogens is 304 g/mol. The second-order valence-electron chi connectivity index (χ2n) is 4.75. The maximum Gasteiger partial charge on any atom is 0.263 e. The molecular formula is C14H24N4O3S. The molecule has 22 heavy (non-hydrogen) atoms. The number of thiophene rings is 1. The Balaban J connectivity index is 2.68. The minimum Gasteiger partial charge on any atom is -0.402 e. The first-order chi connectivity index (χ1) is 10.4. The van der Waals surface area contributed by atoms with Gasteiger partial charge in [-0.2, -0.15) is 0 Å². The van der Waals surface area contributed by atoms with Crippen LogP contribution in [0.5, 0.6) is 0 Å². The smallest absolute Gasteiger partial charge is 0.263 e. The van der Waals surface area contributed by atoms with Crippen LogP contribution in [0, 0.1) is 0 Å². The van der Waals surface area contributed by atoms with Gasteiger partial charge in [0, 0.05) is 24.9 Å². The van der Waals surface area contributed by atoms with Crippen molar-refractivity contribution in [2.45, 2.75) is 13.8 Å². The van der Waals surface area contributed by atoms with Crippen LogP contribution in [-0.4, -0.2) is 39.4 Å². The number of nitrogens with two attached hydrogens (primary N) is 3. The quantitative estimate of drug-likeness (QED) is 0.528. The topological polar surface area (TPSA) is 126 Å². The van der Waals surface area contributed by atoms with Crippen molar-refractivity contribution in [3.63, 3.8) is 0 Å². The summed E-state index contributed by atoms with van der Waals surface area (Å²) in [6.45, 7) is 5.40. The van der Waals surface area contributed by atoms with Crippen LogP contribution < -0.4 is 22.5 Å². The monoisotopic (exact) mass is 328 g/mol. The van der Waals surface area contributed by atoms with Crippen LogP contribution in [0.25, 0.3) is 5.57 Å². The van der Waals surface area contributed by atoms with Gasteiger partial charge in [-0.05, 0) is 19.4 Å². The Hall–Kier alpha value is -1.77. The fourth-order valence-corrected chi connectivity index (χ4v) is 2.74. The van der Waals surface area contributed by atoms with E-state index in [1.807, 2.05) is 6.92 Å². The Labute approximate surface area is 134 Å². The molecule has 7 nitrogen and oxygen atoms in total. The number of methoxy groups -OCH3 is 1. The fourth-order valence-electron chi connectivity index (χ4n) is 1.78. The molecule has 1 heterocycles. The summed E-state index contributed by atoms with van der Waals surface area (Å²) < 4.78 is 10.1. The highest BCUT2D eigenvalue weighted by molar-refractivity contribution is 7.18. The van der Waals surface area contributed by atoms with Crippen molar-refractivity contribution in [2.24, 2.45) is 5.73 Å². The van der Waals surface area contributed by atoms with Gasteiger partial charge in [0.1, 0.15) is 4.88 Å². The SMILES string of the molecule is COCCOCCNC(=O)c1sc(N)c(/C(C)=C(/C)N)c1N. The van der Waals surface area contributed by atoms with E-state index >= 15 is 0 Å². The first-order valence-corrected chi connectivity index (χ1v) is 7.67. The van der Waals surface area contributed by atoms with E-state index in [0.29, 0.717) is 53.2 Å². The van der Waals surface area contributed by atoms with E-state index in [1.54, 1.807) is 14.0 Å². The van der Waals surface area contributed by atoms with Crippen LogP contribution in [0.4, 0.5) is 10.7 Å². The first-order valence-electron chi connectivity index (χ1n) is 6.86. The third-order valence-corrected chi connectivity index (χ3v) is 4.14. The summed E-state index contributed by atoms with van der Waals surface area (Å²) in [4.78, 5) is 12.5. The molecule has 124 valence electrons. The highest BCUT2D eigenvalue weighted by atomic mass is 32.1. The Kier molecular flexibility index (Phi) is 7.16. The summed E-state index contributed by atoms with van der Waals surface area (Å²) in [5.41, 5.74) is 20.2. The van der Waals surface area contributed by atoms with Gasteiger partial charge in [0.2, 0.25) is 0 Å². The van der Waals surface area contributed by atoms with Gasteiger partial charge in [0.25, 0.3) is 5.91 Å². The standard InChI is InChI=1S/C14H24N4O3S/c1-8(9(2)15)10-11(16)12(22-13(10)17)14(19)18-4-5-21-7-6-20-3/h4-7,15-17H2,1-3H3,(H,18,19)/b9-8-. The number of ether oxygens (including phenoxy) is 2. The maximum atomic E-state index is 12.1. The molecule has 0 spiro atoms. The van der Waals surface area contributed by atoms with E-state index in [2.05, 4.69) is 5.32 Å². The number of carbonyl (C=O) groups excluding carboxylic acids is 1. The lowest BCUT2D eigenvalue weighted by atomic mass is 10.1. The van der Waals surface area contributed by atoms with Gasteiger partial charge in [-0.3, -0.25) is 4.79 Å². The van der Waals surface area contributed by atoms with E-state index in [4.69, 9.17) is 26.7 Å². The fraction of sp³-hybridized carbons (Fsp3) is 0.500. The third-order valence-electron chi connectivity index (χ3n) is 3.11. The Morgan fingerprint density at radius 1 is 1.23 bits per heavy atom. The van der Waals surface area contributed by atoms with Crippen molar-refractivity contribution < 1.29 is 14.3 Å². The Bertz CT molecular complexity index is 551. The lowest BCUT2D eigenvalue weighted by molar-refractivity contribution is 0.0693. The first kappa shape index (κ1) is 18.3. The van der Waals surface area contributed by atoms with E-state index in [1.165, 1.54) is 0 Å². The molecule has 0 aliphatic heterocycles. The van der Waals surface area contributed by atoms with Gasteiger partial charge in [-0.25, -0.2) is 0 Å². The third kappa shape index (κ3) is 4.62. The zero-order valence-electron chi connectivity index (χ0n) is 13.2. The molecule has 0 unspecified atom stereocenters. The van der Waals surface area contributed by atoms with E-state index in [-0.39, 0.29) is 5.91 Å².